The molecule has 1 fully saturated rings. The largest absolute Gasteiger partial charge is 0.390 e. The van der Waals surface area contributed by atoms with Crippen molar-refractivity contribution in [3.05, 3.63) is 0 Å². The summed E-state index contributed by atoms with van der Waals surface area (Å²) < 4.78 is 11.2. The lowest BCUT2D eigenvalue weighted by Gasteiger charge is -2.22. The van der Waals surface area contributed by atoms with Crippen molar-refractivity contribution in [3.63, 3.8) is 0 Å². The van der Waals surface area contributed by atoms with Crippen LogP contribution in [0.5, 0.6) is 0 Å². The SMILES string of the molecule is CCCC(OCC)C(O)CCCC1CCCO1. The summed E-state index contributed by atoms with van der Waals surface area (Å²) >= 11 is 0. The molecule has 0 aromatic rings. The highest BCUT2D eigenvalue weighted by Crippen LogP contribution is 2.20. The van der Waals surface area contributed by atoms with Gasteiger partial charge in [0.2, 0.25) is 0 Å². The van der Waals surface area contributed by atoms with Crippen LogP contribution in [0.3, 0.4) is 0 Å². The molecule has 1 heterocycles. The van der Waals surface area contributed by atoms with Crippen LogP contribution in [0.25, 0.3) is 0 Å². The molecule has 3 atom stereocenters. The summed E-state index contributed by atoms with van der Waals surface area (Å²) in [5.41, 5.74) is 0. The predicted octanol–water partition coefficient (Wildman–Crippen LogP) is 2.90. The van der Waals surface area contributed by atoms with Crippen LogP contribution in [-0.4, -0.2) is 36.6 Å². The molecular weight excluding hydrogens is 216 g/mol. The fourth-order valence-electron chi connectivity index (χ4n) is 2.50. The lowest BCUT2D eigenvalue weighted by Crippen LogP contribution is -2.29. The molecule has 0 aromatic carbocycles. The van der Waals surface area contributed by atoms with Crippen molar-refractivity contribution in [3.8, 4) is 0 Å². The lowest BCUT2D eigenvalue weighted by atomic mass is 10.0. The molecule has 0 aromatic heterocycles. The van der Waals surface area contributed by atoms with E-state index in [0.717, 1.165) is 38.7 Å². The first-order chi connectivity index (χ1) is 8.27. The van der Waals surface area contributed by atoms with Crippen molar-refractivity contribution < 1.29 is 14.6 Å². The number of hydrogen-bond donors (Lipinski definition) is 1. The van der Waals surface area contributed by atoms with E-state index in [9.17, 15) is 5.11 Å². The van der Waals surface area contributed by atoms with Crippen LogP contribution in [0.4, 0.5) is 0 Å². The van der Waals surface area contributed by atoms with E-state index >= 15 is 0 Å². The van der Waals surface area contributed by atoms with E-state index in [1.165, 1.54) is 12.8 Å². The Morgan fingerprint density at radius 2 is 2.18 bits per heavy atom. The van der Waals surface area contributed by atoms with Gasteiger partial charge in [0.25, 0.3) is 0 Å². The van der Waals surface area contributed by atoms with Gasteiger partial charge in [-0.05, 0) is 45.4 Å². The van der Waals surface area contributed by atoms with Crippen molar-refractivity contribution in [2.24, 2.45) is 0 Å². The second kappa shape index (κ2) is 8.90. The van der Waals surface area contributed by atoms with Crippen LogP contribution in [0.15, 0.2) is 0 Å². The summed E-state index contributed by atoms with van der Waals surface area (Å²) in [6, 6.07) is 0. The summed E-state index contributed by atoms with van der Waals surface area (Å²) in [5, 5.41) is 10.1. The van der Waals surface area contributed by atoms with Gasteiger partial charge in [-0.15, -0.1) is 0 Å². The molecule has 1 saturated heterocycles. The van der Waals surface area contributed by atoms with Crippen molar-refractivity contribution in [1.29, 1.82) is 0 Å². The van der Waals surface area contributed by atoms with Gasteiger partial charge in [0.1, 0.15) is 0 Å². The quantitative estimate of drug-likeness (QED) is 0.678. The Balaban J connectivity index is 2.13. The second-order valence-electron chi connectivity index (χ2n) is 4.92. The van der Waals surface area contributed by atoms with Gasteiger partial charge in [-0.3, -0.25) is 0 Å². The minimum absolute atomic E-state index is 0.0227. The van der Waals surface area contributed by atoms with Crippen LogP contribution in [0, 0.1) is 0 Å². The Morgan fingerprint density at radius 1 is 1.35 bits per heavy atom. The maximum absolute atomic E-state index is 10.1. The highest BCUT2D eigenvalue weighted by atomic mass is 16.5. The van der Waals surface area contributed by atoms with Crippen LogP contribution < -0.4 is 0 Å². The zero-order valence-electron chi connectivity index (χ0n) is 11.4. The Morgan fingerprint density at radius 3 is 2.76 bits per heavy atom. The van der Waals surface area contributed by atoms with E-state index in [-0.39, 0.29) is 12.2 Å². The second-order valence-corrected chi connectivity index (χ2v) is 4.92. The van der Waals surface area contributed by atoms with E-state index < -0.39 is 0 Å². The fourth-order valence-corrected chi connectivity index (χ4v) is 2.50. The molecule has 3 heteroatoms. The van der Waals surface area contributed by atoms with Gasteiger partial charge in [-0.2, -0.15) is 0 Å². The minimum Gasteiger partial charge on any atom is -0.390 e. The Labute approximate surface area is 105 Å². The van der Waals surface area contributed by atoms with Crippen molar-refractivity contribution in [2.45, 2.75) is 77.1 Å². The van der Waals surface area contributed by atoms with E-state index in [4.69, 9.17) is 9.47 Å². The molecule has 0 amide bonds. The third-order valence-electron chi connectivity index (χ3n) is 3.43. The molecule has 3 unspecified atom stereocenters. The molecule has 1 aliphatic rings. The number of aliphatic hydroxyl groups excluding tert-OH is 1. The Bertz CT molecular complexity index is 172. The highest BCUT2D eigenvalue weighted by molar-refractivity contribution is 4.71. The van der Waals surface area contributed by atoms with Gasteiger partial charge in [0.05, 0.1) is 18.3 Å². The molecule has 0 radical (unpaired) electrons. The first-order valence-electron chi connectivity index (χ1n) is 7.19. The van der Waals surface area contributed by atoms with Crippen LogP contribution in [0.1, 0.15) is 58.8 Å². The molecule has 1 aliphatic heterocycles. The first-order valence-corrected chi connectivity index (χ1v) is 7.19. The molecular formula is C14H28O3. The zero-order valence-corrected chi connectivity index (χ0v) is 11.4. The zero-order chi connectivity index (χ0) is 12.5. The minimum atomic E-state index is -0.309. The normalized spacial score (nSPS) is 23.8. The number of rotatable bonds is 9. The molecule has 0 spiro atoms. The van der Waals surface area contributed by atoms with Gasteiger partial charge in [0, 0.05) is 13.2 Å². The average Bonchev–Trinajstić information content (AvgIpc) is 2.81. The van der Waals surface area contributed by atoms with Crippen molar-refractivity contribution in [1.82, 2.24) is 0 Å². The molecule has 0 bridgehead atoms. The number of hydrogen-bond acceptors (Lipinski definition) is 3. The molecule has 0 saturated carbocycles. The predicted molar refractivity (Wildman–Crippen MR) is 69.2 cm³/mol. The average molecular weight is 244 g/mol. The van der Waals surface area contributed by atoms with Gasteiger partial charge in [-0.25, -0.2) is 0 Å². The van der Waals surface area contributed by atoms with E-state index in [1.807, 2.05) is 6.92 Å². The molecule has 1 N–H and O–H groups in total. The summed E-state index contributed by atoms with van der Waals surface area (Å²) in [6.45, 7) is 5.73. The van der Waals surface area contributed by atoms with E-state index in [2.05, 4.69) is 6.92 Å². The van der Waals surface area contributed by atoms with E-state index in [1.54, 1.807) is 0 Å². The first kappa shape index (κ1) is 14.9. The number of aliphatic hydroxyl groups is 1. The molecule has 1 rings (SSSR count). The van der Waals surface area contributed by atoms with Gasteiger partial charge in [-0.1, -0.05) is 13.3 Å². The Kier molecular flexibility index (Phi) is 7.82. The summed E-state index contributed by atoms with van der Waals surface area (Å²) in [7, 11) is 0. The summed E-state index contributed by atoms with van der Waals surface area (Å²) in [6.07, 6.45) is 7.53. The fraction of sp³-hybridized carbons (Fsp3) is 1.00. The third-order valence-corrected chi connectivity index (χ3v) is 3.43. The molecule has 102 valence electrons. The van der Waals surface area contributed by atoms with Crippen LogP contribution in [-0.2, 0) is 9.47 Å². The van der Waals surface area contributed by atoms with Gasteiger partial charge >= 0.3 is 0 Å². The Hall–Kier alpha value is -0.120. The van der Waals surface area contributed by atoms with Gasteiger partial charge < -0.3 is 14.6 Å². The topological polar surface area (TPSA) is 38.7 Å². The summed E-state index contributed by atoms with van der Waals surface area (Å²) in [4.78, 5) is 0. The van der Waals surface area contributed by atoms with Crippen LogP contribution in [0.2, 0.25) is 0 Å². The van der Waals surface area contributed by atoms with E-state index in [0.29, 0.717) is 12.7 Å². The van der Waals surface area contributed by atoms with Crippen molar-refractivity contribution in [2.75, 3.05) is 13.2 Å². The number of ether oxygens (including phenoxy) is 2. The van der Waals surface area contributed by atoms with Crippen LogP contribution >= 0.6 is 0 Å². The third kappa shape index (κ3) is 5.84. The molecule has 3 nitrogen and oxygen atoms in total. The van der Waals surface area contributed by atoms with Crippen molar-refractivity contribution >= 4 is 0 Å². The monoisotopic (exact) mass is 244 g/mol. The maximum Gasteiger partial charge on any atom is 0.0833 e. The lowest BCUT2D eigenvalue weighted by molar-refractivity contribution is -0.0419. The standard InChI is InChI=1S/C14H28O3/c1-3-7-14(16-4-2)13(15)10-5-8-12-9-6-11-17-12/h12-15H,3-11H2,1-2H3. The smallest absolute Gasteiger partial charge is 0.0833 e. The van der Waals surface area contributed by atoms with Gasteiger partial charge in [0.15, 0.2) is 0 Å². The highest BCUT2D eigenvalue weighted by Gasteiger charge is 2.20. The maximum atomic E-state index is 10.1. The molecule has 0 aliphatic carbocycles. The molecule has 17 heavy (non-hydrogen) atoms. The summed E-state index contributed by atoms with van der Waals surface area (Å²) in [5.74, 6) is 0.